The Kier molecular flexibility index (Phi) is 4.48. The molecule has 0 aromatic heterocycles. The first kappa shape index (κ1) is 12.9. The summed E-state index contributed by atoms with van der Waals surface area (Å²) in [4.78, 5) is 0. The Bertz CT molecular complexity index is 432. The van der Waals surface area contributed by atoms with Crippen LogP contribution in [0.25, 0.3) is 0 Å². The molecule has 1 aliphatic heterocycles. The Balaban J connectivity index is 2.26. The highest BCUT2D eigenvalue weighted by atomic mass is 35.5. The molecule has 1 heterocycles. The van der Waals surface area contributed by atoms with E-state index in [9.17, 15) is 0 Å². The van der Waals surface area contributed by atoms with Crippen molar-refractivity contribution in [3.05, 3.63) is 33.8 Å². The molecule has 0 spiro atoms. The quantitative estimate of drug-likeness (QED) is 0.613. The van der Waals surface area contributed by atoms with Crippen LogP contribution in [0.15, 0.2) is 16.5 Å². The van der Waals surface area contributed by atoms with Gasteiger partial charge in [0.1, 0.15) is 0 Å². The first-order valence-electron chi connectivity index (χ1n) is 5.75. The van der Waals surface area contributed by atoms with E-state index < -0.39 is 0 Å². The van der Waals surface area contributed by atoms with E-state index in [0.717, 1.165) is 23.6 Å². The van der Waals surface area contributed by atoms with Crippen molar-refractivity contribution in [2.24, 2.45) is 4.40 Å². The van der Waals surface area contributed by atoms with Crippen LogP contribution in [0.1, 0.15) is 30.5 Å². The van der Waals surface area contributed by atoms with Gasteiger partial charge in [0.05, 0.1) is 13.2 Å². The fraction of sp³-hybridized carbons (Fsp3) is 0.462. The van der Waals surface area contributed by atoms with Crippen molar-refractivity contribution in [3.63, 3.8) is 0 Å². The zero-order valence-electron chi connectivity index (χ0n) is 10.1. The van der Waals surface area contributed by atoms with Crippen molar-refractivity contribution in [1.82, 2.24) is 0 Å². The highest BCUT2D eigenvalue weighted by Gasteiger charge is 2.13. The molecule has 0 saturated carbocycles. The van der Waals surface area contributed by atoms with E-state index in [4.69, 9.17) is 16.3 Å². The third kappa shape index (κ3) is 3.47. The number of hydrogen-bond acceptors (Lipinski definition) is 3. The average molecular weight is 270 g/mol. The fourth-order valence-corrected chi connectivity index (χ4v) is 2.50. The topological polar surface area (TPSA) is 21.6 Å². The standard InChI is InChI=1S/C13H16ClNOS/c1-9(2)17-15-7-10-5-12(14)6-11-8-16-4-3-13(10)11/h5-7,9H,3-4,8H2,1-2H3/b15-7+. The van der Waals surface area contributed by atoms with Gasteiger partial charge in [-0.05, 0) is 47.2 Å². The van der Waals surface area contributed by atoms with E-state index in [-0.39, 0.29) is 0 Å². The number of benzene rings is 1. The third-order valence-corrected chi connectivity index (χ3v) is 3.43. The Morgan fingerprint density at radius 1 is 1.47 bits per heavy atom. The Labute approximate surface area is 112 Å². The lowest BCUT2D eigenvalue weighted by Gasteiger charge is -2.18. The van der Waals surface area contributed by atoms with E-state index in [0.29, 0.717) is 11.9 Å². The van der Waals surface area contributed by atoms with Crippen LogP contribution >= 0.6 is 23.5 Å². The highest BCUT2D eigenvalue weighted by Crippen LogP contribution is 2.25. The molecule has 0 fully saturated rings. The second-order valence-electron chi connectivity index (χ2n) is 4.32. The van der Waals surface area contributed by atoms with E-state index in [2.05, 4.69) is 18.2 Å². The van der Waals surface area contributed by atoms with Crippen LogP contribution in [-0.2, 0) is 17.8 Å². The van der Waals surface area contributed by atoms with Crippen molar-refractivity contribution >= 4 is 29.8 Å². The summed E-state index contributed by atoms with van der Waals surface area (Å²) >= 11 is 7.68. The molecule has 2 nitrogen and oxygen atoms in total. The maximum Gasteiger partial charge on any atom is 0.0720 e. The number of ether oxygens (including phenoxy) is 1. The van der Waals surface area contributed by atoms with E-state index >= 15 is 0 Å². The zero-order chi connectivity index (χ0) is 12.3. The minimum absolute atomic E-state index is 0.504. The van der Waals surface area contributed by atoms with Gasteiger partial charge in [0.15, 0.2) is 0 Å². The first-order chi connectivity index (χ1) is 8.16. The summed E-state index contributed by atoms with van der Waals surface area (Å²) in [6.07, 6.45) is 2.86. The molecule has 92 valence electrons. The van der Waals surface area contributed by atoms with Gasteiger partial charge in [-0.3, -0.25) is 0 Å². The molecule has 17 heavy (non-hydrogen) atoms. The minimum atomic E-state index is 0.504. The molecule has 0 bridgehead atoms. The van der Waals surface area contributed by atoms with Crippen LogP contribution in [0.4, 0.5) is 0 Å². The zero-order valence-corrected chi connectivity index (χ0v) is 11.6. The van der Waals surface area contributed by atoms with E-state index in [1.807, 2.05) is 18.3 Å². The van der Waals surface area contributed by atoms with Crippen LogP contribution in [0.3, 0.4) is 0 Å². The lowest BCUT2D eigenvalue weighted by atomic mass is 9.98. The Morgan fingerprint density at radius 3 is 3.06 bits per heavy atom. The predicted molar refractivity (Wildman–Crippen MR) is 75.1 cm³/mol. The van der Waals surface area contributed by atoms with Gasteiger partial charge in [-0.15, -0.1) is 0 Å². The summed E-state index contributed by atoms with van der Waals surface area (Å²) < 4.78 is 9.82. The fourth-order valence-electron chi connectivity index (χ4n) is 1.83. The maximum absolute atomic E-state index is 6.10. The highest BCUT2D eigenvalue weighted by molar-refractivity contribution is 7.98. The Hall–Kier alpha value is -0.510. The van der Waals surface area contributed by atoms with Crippen LogP contribution in [-0.4, -0.2) is 18.1 Å². The molecule has 1 aromatic carbocycles. The van der Waals surface area contributed by atoms with Gasteiger partial charge < -0.3 is 4.74 Å². The lowest BCUT2D eigenvalue weighted by molar-refractivity contribution is 0.110. The third-order valence-electron chi connectivity index (χ3n) is 2.56. The summed E-state index contributed by atoms with van der Waals surface area (Å²) in [6, 6.07) is 3.97. The second kappa shape index (κ2) is 5.89. The molecule has 1 aromatic rings. The molecule has 0 atom stereocenters. The summed E-state index contributed by atoms with van der Waals surface area (Å²) in [5, 5.41) is 1.26. The summed E-state index contributed by atoms with van der Waals surface area (Å²) in [5.41, 5.74) is 3.65. The minimum Gasteiger partial charge on any atom is -0.376 e. The summed E-state index contributed by atoms with van der Waals surface area (Å²) in [5.74, 6) is 0. The van der Waals surface area contributed by atoms with E-state index in [1.165, 1.54) is 11.1 Å². The smallest absolute Gasteiger partial charge is 0.0720 e. The van der Waals surface area contributed by atoms with Gasteiger partial charge in [-0.25, -0.2) is 4.40 Å². The van der Waals surface area contributed by atoms with Gasteiger partial charge in [0.2, 0.25) is 0 Å². The molecule has 0 N–H and O–H groups in total. The van der Waals surface area contributed by atoms with Crippen LogP contribution in [0, 0.1) is 0 Å². The molecule has 0 unspecified atom stereocenters. The van der Waals surface area contributed by atoms with Gasteiger partial charge in [-0.2, -0.15) is 0 Å². The van der Waals surface area contributed by atoms with Crippen molar-refractivity contribution in [1.29, 1.82) is 0 Å². The number of nitrogens with zero attached hydrogens (tertiary/aromatic N) is 1. The summed E-state index contributed by atoms with van der Waals surface area (Å²) in [7, 11) is 0. The van der Waals surface area contributed by atoms with Crippen LogP contribution in [0.5, 0.6) is 0 Å². The van der Waals surface area contributed by atoms with Crippen molar-refractivity contribution in [3.8, 4) is 0 Å². The van der Waals surface area contributed by atoms with Crippen molar-refractivity contribution in [2.45, 2.75) is 32.1 Å². The normalized spacial score (nSPS) is 15.5. The van der Waals surface area contributed by atoms with E-state index in [1.54, 1.807) is 11.9 Å². The van der Waals surface area contributed by atoms with Crippen molar-refractivity contribution in [2.75, 3.05) is 6.61 Å². The average Bonchev–Trinajstić information content (AvgIpc) is 2.28. The number of hydrogen-bond donors (Lipinski definition) is 0. The lowest BCUT2D eigenvalue weighted by Crippen LogP contribution is -2.12. The number of rotatable bonds is 3. The Morgan fingerprint density at radius 2 is 2.29 bits per heavy atom. The molecule has 0 amide bonds. The molecule has 0 saturated heterocycles. The molecule has 0 aliphatic carbocycles. The number of fused-ring (bicyclic) bond motifs is 1. The molecule has 0 radical (unpaired) electrons. The SMILES string of the molecule is CC(C)S/N=C/c1cc(Cl)cc2c1CCOC2. The molecule has 1 aliphatic rings. The second-order valence-corrected chi connectivity index (χ2v) is 6.12. The van der Waals surface area contributed by atoms with Gasteiger partial charge in [-0.1, -0.05) is 25.4 Å². The van der Waals surface area contributed by atoms with Crippen LogP contribution < -0.4 is 0 Å². The van der Waals surface area contributed by atoms with Crippen LogP contribution in [0.2, 0.25) is 5.02 Å². The molecular weight excluding hydrogens is 254 g/mol. The monoisotopic (exact) mass is 269 g/mol. The summed E-state index contributed by atoms with van der Waals surface area (Å²) in [6.45, 7) is 5.70. The largest absolute Gasteiger partial charge is 0.376 e. The molecular formula is C13H16ClNOS. The number of halogens is 1. The maximum atomic E-state index is 6.10. The van der Waals surface area contributed by atoms with Gasteiger partial charge >= 0.3 is 0 Å². The van der Waals surface area contributed by atoms with Crippen molar-refractivity contribution < 1.29 is 4.74 Å². The molecule has 4 heteroatoms. The van der Waals surface area contributed by atoms with Gasteiger partial charge in [0.25, 0.3) is 0 Å². The first-order valence-corrected chi connectivity index (χ1v) is 6.96. The predicted octanol–water partition coefficient (Wildman–Crippen LogP) is 3.89. The molecule has 2 rings (SSSR count). The van der Waals surface area contributed by atoms with Gasteiger partial charge in [0, 0.05) is 16.5 Å².